The van der Waals surface area contributed by atoms with Crippen molar-refractivity contribution < 1.29 is 19.1 Å². The molecule has 9 heteroatoms. The number of unbranched alkanes of at least 4 members (excludes halogenated alkanes) is 2. The van der Waals surface area contributed by atoms with Gasteiger partial charge in [0.1, 0.15) is 16.9 Å². The Bertz CT molecular complexity index is 1420. The Kier molecular flexibility index (Phi) is 8.72. The van der Waals surface area contributed by atoms with Gasteiger partial charge >= 0.3 is 5.97 Å². The van der Waals surface area contributed by atoms with Gasteiger partial charge in [-0.2, -0.15) is 4.99 Å². The number of fused-ring (bicyclic) bond motifs is 2. The number of aryl methyl sites for hydroxylation is 2. The lowest BCUT2D eigenvalue weighted by molar-refractivity contribution is -0.120. The van der Waals surface area contributed by atoms with Gasteiger partial charge in [-0.25, -0.2) is 9.78 Å². The number of allylic oxidation sites excluding steroid dienone is 2. The monoisotopic (exact) mass is 478 g/mol. The molecule has 3 aromatic rings. The molecule has 0 unspecified atom stereocenters. The molecule has 0 bridgehead atoms. The first-order chi connectivity index (χ1) is 16.9. The minimum atomic E-state index is -0.675. The molecule has 184 valence electrons. The summed E-state index contributed by atoms with van der Waals surface area (Å²) in [5, 5.41) is 0.240. The van der Waals surface area contributed by atoms with Gasteiger partial charge in [0.05, 0.1) is 18.3 Å². The van der Waals surface area contributed by atoms with E-state index < -0.39 is 11.9 Å². The molecule has 1 amide bonds. The molecule has 3 rings (SSSR count). The van der Waals surface area contributed by atoms with Crippen molar-refractivity contribution in [1.82, 2.24) is 14.0 Å². The molecule has 0 saturated heterocycles. The molecule has 3 heterocycles. The van der Waals surface area contributed by atoms with Crippen LogP contribution in [0, 0.1) is 6.92 Å². The minimum Gasteiger partial charge on any atom is -0.491 e. The Balaban J connectivity index is 2.37. The topological polar surface area (TPSA) is 104 Å². The number of carbonyl (C=O) groups excluding carboxylic acids is 2. The van der Waals surface area contributed by atoms with Gasteiger partial charge in [0, 0.05) is 12.7 Å². The molecule has 9 nitrogen and oxygen atoms in total. The Hall–Kier alpha value is -4.01. The maximum absolute atomic E-state index is 13.4. The minimum absolute atomic E-state index is 0.0253. The molecule has 0 aliphatic rings. The maximum Gasteiger partial charge on any atom is 0.341 e. The van der Waals surface area contributed by atoms with E-state index in [-0.39, 0.29) is 35.2 Å². The summed E-state index contributed by atoms with van der Waals surface area (Å²) in [6.07, 6.45) is 8.64. The number of pyridine rings is 2. The largest absolute Gasteiger partial charge is 0.491 e. The van der Waals surface area contributed by atoms with Crippen LogP contribution in [0.1, 0.15) is 49.0 Å². The third kappa shape index (κ3) is 5.74. The maximum atomic E-state index is 13.4. The van der Waals surface area contributed by atoms with E-state index in [2.05, 4.69) is 18.5 Å². The van der Waals surface area contributed by atoms with Crippen LogP contribution in [0.15, 0.2) is 59.2 Å². The van der Waals surface area contributed by atoms with Gasteiger partial charge in [0.15, 0.2) is 12.1 Å². The number of hydrogen-bond donors (Lipinski definition) is 0. The SMILES string of the molecule is C=C/C=C\OCC(=O)N=c1c(C(=O)OCC)cc2c(=O)n3cccc(C)c3nc2n1CCCCC. The Morgan fingerprint density at radius 3 is 2.74 bits per heavy atom. The normalized spacial score (nSPS) is 11.9. The number of carbonyl (C=O) groups is 2. The Labute approximate surface area is 203 Å². The number of nitrogens with zero attached hydrogens (tertiary/aromatic N) is 4. The number of esters is 1. The van der Waals surface area contributed by atoms with E-state index in [4.69, 9.17) is 14.5 Å². The second kappa shape index (κ2) is 11.9. The molecule has 0 fully saturated rings. The first kappa shape index (κ1) is 25.6. The van der Waals surface area contributed by atoms with Crippen molar-refractivity contribution in [1.29, 1.82) is 0 Å². The zero-order valence-electron chi connectivity index (χ0n) is 20.3. The summed E-state index contributed by atoms with van der Waals surface area (Å²) in [5.41, 5.74) is 1.47. The van der Waals surface area contributed by atoms with Crippen LogP contribution in [0.4, 0.5) is 0 Å². The van der Waals surface area contributed by atoms with Crippen LogP contribution in [0.3, 0.4) is 0 Å². The van der Waals surface area contributed by atoms with Crippen molar-refractivity contribution in [2.75, 3.05) is 13.2 Å². The average molecular weight is 479 g/mol. The summed E-state index contributed by atoms with van der Waals surface area (Å²) in [6, 6.07) is 5.05. The van der Waals surface area contributed by atoms with E-state index in [1.54, 1.807) is 29.8 Å². The van der Waals surface area contributed by atoms with Gasteiger partial charge < -0.3 is 14.0 Å². The first-order valence-corrected chi connectivity index (χ1v) is 11.6. The molecule has 0 radical (unpaired) electrons. The number of amides is 1. The molecule has 0 aliphatic carbocycles. The van der Waals surface area contributed by atoms with Crippen LogP contribution >= 0.6 is 0 Å². The molecule has 3 aromatic heterocycles. The first-order valence-electron chi connectivity index (χ1n) is 11.6. The predicted molar refractivity (Wildman–Crippen MR) is 133 cm³/mol. The third-order valence-corrected chi connectivity index (χ3v) is 5.33. The molecule has 0 aliphatic heterocycles. The number of rotatable bonds is 10. The molecule has 0 atom stereocenters. The zero-order chi connectivity index (χ0) is 25.4. The second-order valence-electron chi connectivity index (χ2n) is 7.88. The summed E-state index contributed by atoms with van der Waals surface area (Å²) < 4.78 is 13.5. The quantitative estimate of drug-likeness (QED) is 0.145. The second-order valence-corrected chi connectivity index (χ2v) is 7.88. The molecular weight excluding hydrogens is 448 g/mol. The number of hydrogen-bond acceptors (Lipinski definition) is 6. The van der Waals surface area contributed by atoms with Crippen LogP contribution in [0.5, 0.6) is 0 Å². The molecule has 35 heavy (non-hydrogen) atoms. The highest BCUT2D eigenvalue weighted by Crippen LogP contribution is 2.14. The number of ether oxygens (including phenoxy) is 2. The van der Waals surface area contributed by atoms with Gasteiger partial charge in [0.2, 0.25) is 0 Å². The third-order valence-electron chi connectivity index (χ3n) is 5.33. The van der Waals surface area contributed by atoms with E-state index >= 15 is 0 Å². The smallest absolute Gasteiger partial charge is 0.341 e. The molecule has 0 saturated carbocycles. The summed E-state index contributed by atoms with van der Waals surface area (Å²) in [5.74, 6) is -1.27. The Morgan fingerprint density at radius 2 is 2.03 bits per heavy atom. The van der Waals surface area contributed by atoms with Gasteiger partial charge in [0.25, 0.3) is 11.5 Å². The lowest BCUT2D eigenvalue weighted by Crippen LogP contribution is -2.33. The summed E-state index contributed by atoms with van der Waals surface area (Å²) in [7, 11) is 0. The van der Waals surface area contributed by atoms with E-state index in [1.165, 1.54) is 22.8 Å². The fourth-order valence-electron chi connectivity index (χ4n) is 3.68. The molecule has 0 spiro atoms. The van der Waals surface area contributed by atoms with Crippen LogP contribution in [0.25, 0.3) is 16.7 Å². The highest BCUT2D eigenvalue weighted by molar-refractivity contribution is 5.93. The van der Waals surface area contributed by atoms with E-state index in [0.717, 1.165) is 24.8 Å². The van der Waals surface area contributed by atoms with Crippen LogP contribution < -0.4 is 11.0 Å². The van der Waals surface area contributed by atoms with Crippen molar-refractivity contribution >= 4 is 28.6 Å². The van der Waals surface area contributed by atoms with Gasteiger partial charge in [-0.05, 0) is 44.0 Å². The number of aromatic nitrogens is 3. The van der Waals surface area contributed by atoms with Crippen LogP contribution in [-0.4, -0.2) is 39.0 Å². The molecular formula is C26H30N4O5. The predicted octanol–water partition coefficient (Wildman–Crippen LogP) is 3.47. The zero-order valence-corrected chi connectivity index (χ0v) is 20.3. The summed E-state index contributed by atoms with van der Waals surface area (Å²) in [4.78, 5) is 48.0. The van der Waals surface area contributed by atoms with Crippen molar-refractivity contribution in [2.24, 2.45) is 4.99 Å². The van der Waals surface area contributed by atoms with Gasteiger partial charge in [-0.3, -0.25) is 14.0 Å². The van der Waals surface area contributed by atoms with Crippen molar-refractivity contribution in [3.63, 3.8) is 0 Å². The van der Waals surface area contributed by atoms with E-state index in [0.29, 0.717) is 17.8 Å². The average Bonchev–Trinajstić information content (AvgIpc) is 2.84. The highest BCUT2D eigenvalue weighted by atomic mass is 16.5. The summed E-state index contributed by atoms with van der Waals surface area (Å²) >= 11 is 0. The van der Waals surface area contributed by atoms with Crippen LogP contribution in [-0.2, 0) is 20.8 Å². The lowest BCUT2D eigenvalue weighted by Gasteiger charge is -2.15. The van der Waals surface area contributed by atoms with Crippen molar-refractivity contribution in [3.05, 3.63) is 76.4 Å². The van der Waals surface area contributed by atoms with Gasteiger partial charge in [-0.1, -0.05) is 38.5 Å². The summed E-state index contributed by atoms with van der Waals surface area (Å²) in [6.45, 7) is 9.38. The van der Waals surface area contributed by atoms with E-state index in [9.17, 15) is 14.4 Å². The fraction of sp³-hybridized carbons (Fsp3) is 0.346. The molecule has 0 N–H and O–H groups in total. The Morgan fingerprint density at radius 1 is 1.23 bits per heavy atom. The fourth-order valence-corrected chi connectivity index (χ4v) is 3.68. The lowest BCUT2D eigenvalue weighted by atomic mass is 10.2. The van der Waals surface area contributed by atoms with Gasteiger partial charge in [-0.15, -0.1) is 0 Å². The van der Waals surface area contributed by atoms with E-state index in [1.807, 2.05) is 13.0 Å². The molecule has 0 aromatic carbocycles. The standard InChI is InChI=1S/C26H30N4O5/c1-5-8-10-13-29-23-19(25(32)30-14-11-12-18(4)22(30)28-23)16-20(26(33)35-7-3)24(29)27-21(31)17-34-15-9-6-2/h6,9,11-12,14-16H,2,5,7-8,10,13,17H2,1,3-4H3/b15-9-,27-24?. The van der Waals surface area contributed by atoms with Crippen molar-refractivity contribution in [2.45, 2.75) is 46.6 Å². The highest BCUT2D eigenvalue weighted by Gasteiger charge is 2.20. The van der Waals surface area contributed by atoms with Crippen molar-refractivity contribution in [3.8, 4) is 0 Å². The van der Waals surface area contributed by atoms with Crippen LogP contribution in [0.2, 0.25) is 0 Å².